The third-order valence-corrected chi connectivity index (χ3v) is 3.98. The van der Waals surface area contributed by atoms with Crippen molar-refractivity contribution in [2.45, 2.75) is 33.2 Å². The highest BCUT2D eigenvalue weighted by Gasteiger charge is 2.28. The maximum absolute atomic E-state index is 11.5. The van der Waals surface area contributed by atoms with Gasteiger partial charge in [0.2, 0.25) is 5.91 Å². The lowest BCUT2D eigenvalue weighted by Crippen LogP contribution is -2.41. The number of nitrogens with zero attached hydrogens (tertiary/aromatic N) is 3. The van der Waals surface area contributed by atoms with Crippen LogP contribution < -0.4 is 16.0 Å². The number of carbonyl (C=O) groups is 1. The Bertz CT molecular complexity index is 559. The SMILES string of the molecule is CN=C(NCCNC(=O)C1CC1)NCc1c(C)nn(C)c1C. The third kappa shape index (κ3) is 4.22. The molecule has 1 amide bonds. The lowest BCUT2D eigenvalue weighted by molar-refractivity contribution is -0.122. The Morgan fingerprint density at radius 1 is 1.27 bits per heavy atom. The summed E-state index contributed by atoms with van der Waals surface area (Å²) in [5.41, 5.74) is 3.37. The molecule has 1 saturated carbocycles. The van der Waals surface area contributed by atoms with Crippen LogP contribution in [0.2, 0.25) is 0 Å². The third-order valence-electron chi connectivity index (χ3n) is 3.98. The summed E-state index contributed by atoms with van der Waals surface area (Å²) < 4.78 is 1.88. The van der Waals surface area contributed by atoms with Gasteiger partial charge in [-0.1, -0.05) is 0 Å². The number of hydrogen-bond acceptors (Lipinski definition) is 3. The van der Waals surface area contributed by atoms with Crippen LogP contribution in [-0.4, -0.2) is 41.8 Å². The van der Waals surface area contributed by atoms with Crippen molar-refractivity contribution in [3.05, 3.63) is 17.0 Å². The van der Waals surface area contributed by atoms with Gasteiger partial charge < -0.3 is 16.0 Å². The molecular weight excluding hydrogens is 280 g/mol. The van der Waals surface area contributed by atoms with Crippen LogP contribution in [0, 0.1) is 19.8 Å². The zero-order valence-electron chi connectivity index (χ0n) is 13.9. The first-order valence-corrected chi connectivity index (χ1v) is 7.74. The smallest absolute Gasteiger partial charge is 0.223 e. The molecule has 0 spiro atoms. The summed E-state index contributed by atoms with van der Waals surface area (Å²) in [7, 11) is 3.68. The van der Waals surface area contributed by atoms with Crippen LogP contribution in [0.4, 0.5) is 0 Å². The predicted molar refractivity (Wildman–Crippen MR) is 86.6 cm³/mol. The van der Waals surface area contributed by atoms with Crippen LogP contribution in [0.15, 0.2) is 4.99 Å². The van der Waals surface area contributed by atoms with Crippen molar-refractivity contribution < 1.29 is 4.79 Å². The van der Waals surface area contributed by atoms with Crippen molar-refractivity contribution in [3.8, 4) is 0 Å². The van der Waals surface area contributed by atoms with E-state index in [9.17, 15) is 4.79 Å². The summed E-state index contributed by atoms with van der Waals surface area (Å²) in [6.45, 7) is 6.01. The van der Waals surface area contributed by atoms with Gasteiger partial charge in [0.05, 0.1) is 5.69 Å². The molecule has 0 atom stereocenters. The van der Waals surface area contributed by atoms with Crippen molar-refractivity contribution in [2.75, 3.05) is 20.1 Å². The molecule has 3 N–H and O–H groups in total. The lowest BCUT2D eigenvalue weighted by Gasteiger charge is -2.12. The fourth-order valence-corrected chi connectivity index (χ4v) is 2.32. The fraction of sp³-hybridized carbons (Fsp3) is 0.667. The van der Waals surface area contributed by atoms with Gasteiger partial charge in [-0.25, -0.2) is 0 Å². The second-order valence-corrected chi connectivity index (χ2v) is 5.69. The minimum Gasteiger partial charge on any atom is -0.355 e. The number of aromatic nitrogens is 2. The Kier molecular flexibility index (Phi) is 5.41. The van der Waals surface area contributed by atoms with E-state index < -0.39 is 0 Å². The number of guanidine groups is 1. The molecule has 0 saturated heterocycles. The maximum Gasteiger partial charge on any atom is 0.223 e. The van der Waals surface area contributed by atoms with Crippen molar-refractivity contribution in [3.63, 3.8) is 0 Å². The molecule has 1 aliphatic rings. The van der Waals surface area contributed by atoms with Gasteiger partial charge in [0.25, 0.3) is 0 Å². The first-order valence-electron chi connectivity index (χ1n) is 7.74. The predicted octanol–water partition coefficient (Wildman–Crippen LogP) is 0.228. The number of aliphatic imine (C=N–C) groups is 1. The molecule has 2 rings (SSSR count). The molecule has 122 valence electrons. The quantitative estimate of drug-likeness (QED) is 0.399. The highest BCUT2D eigenvalue weighted by molar-refractivity contribution is 5.81. The molecule has 7 heteroatoms. The van der Waals surface area contributed by atoms with Gasteiger partial charge in [-0.3, -0.25) is 14.5 Å². The topological polar surface area (TPSA) is 83.3 Å². The highest BCUT2D eigenvalue weighted by atomic mass is 16.2. The number of amides is 1. The van der Waals surface area contributed by atoms with Crippen LogP contribution in [0.1, 0.15) is 29.8 Å². The van der Waals surface area contributed by atoms with Gasteiger partial charge in [-0.05, 0) is 26.7 Å². The summed E-state index contributed by atoms with van der Waals surface area (Å²) >= 11 is 0. The minimum absolute atomic E-state index is 0.173. The summed E-state index contributed by atoms with van der Waals surface area (Å²) in [5.74, 6) is 1.16. The van der Waals surface area contributed by atoms with Gasteiger partial charge >= 0.3 is 0 Å². The van der Waals surface area contributed by atoms with Crippen LogP contribution in [0.25, 0.3) is 0 Å². The Morgan fingerprint density at radius 3 is 2.50 bits per heavy atom. The first kappa shape index (κ1) is 16.3. The van der Waals surface area contributed by atoms with Crippen LogP contribution in [0.5, 0.6) is 0 Å². The molecule has 7 nitrogen and oxygen atoms in total. The lowest BCUT2D eigenvalue weighted by atomic mass is 10.2. The molecule has 0 aromatic carbocycles. The van der Waals surface area contributed by atoms with Crippen LogP contribution in [-0.2, 0) is 18.4 Å². The molecule has 0 aliphatic heterocycles. The van der Waals surface area contributed by atoms with E-state index in [1.54, 1.807) is 7.05 Å². The number of hydrogen-bond donors (Lipinski definition) is 3. The van der Waals surface area contributed by atoms with Gasteiger partial charge in [-0.2, -0.15) is 5.10 Å². The van der Waals surface area contributed by atoms with Crippen molar-refractivity contribution in [2.24, 2.45) is 18.0 Å². The summed E-state index contributed by atoms with van der Waals surface area (Å²) in [6.07, 6.45) is 2.07. The highest BCUT2D eigenvalue weighted by Crippen LogP contribution is 2.28. The van der Waals surface area contributed by atoms with Gasteiger partial charge in [-0.15, -0.1) is 0 Å². The Labute approximate surface area is 131 Å². The largest absolute Gasteiger partial charge is 0.355 e. The summed E-state index contributed by atoms with van der Waals surface area (Å²) in [4.78, 5) is 15.7. The van der Waals surface area contributed by atoms with E-state index in [0.717, 1.165) is 30.2 Å². The van der Waals surface area contributed by atoms with E-state index in [1.165, 1.54) is 5.56 Å². The second kappa shape index (κ2) is 7.29. The molecule has 0 unspecified atom stereocenters. The van der Waals surface area contributed by atoms with Gasteiger partial charge in [0, 0.05) is 50.9 Å². The first-order chi connectivity index (χ1) is 10.5. The molecular formula is C15H26N6O. The van der Waals surface area contributed by atoms with E-state index in [1.807, 2.05) is 18.7 Å². The Hall–Kier alpha value is -2.05. The van der Waals surface area contributed by atoms with Gasteiger partial charge in [0.1, 0.15) is 0 Å². The van der Waals surface area contributed by atoms with E-state index in [2.05, 4.69) is 33.0 Å². The van der Waals surface area contributed by atoms with E-state index >= 15 is 0 Å². The minimum atomic E-state index is 0.173. The Balaban J connectivity index is 1.71. The average molecular weight is 306 g/mol. The van der Waals surface area contributed by atoms with Crippen LogP contribution >= 0.6 is 0 Å². The van der Waals surface area contributed by atoms with Crippen molar-refractivity contribution in [1.82, 2.24) is 25.7 Å². The molecule has 1 fully saturated rings. The van der Waals surface area contributed by atoms with Crippen molar-refractivity contribution in [1.29, 1.82) is 0 Å². The summed E-state index contributed by atoms with van der Waals surface area (Å²) in [6, 6.07) is 0. The second-order valence-electron chi connectivity index (χ2n) is 5.69. The molecule has 1 aromatic rings. The maximum atomic E-state index is 11.5. The molecule has 0 bridgehead atoms. The fourth-order valence-electron chi connectivity index (χ4n) is 2.32. The van der Waals surface area contributed by atoms with E-state index in [0.29, 0.717) is 19.6 Å². The monoisotopic (exact) mass is 306 g/mol. The number of nitrogens with one attached hydrogen (secondary N) is 3. The zero-order chi connectivity index (χ0) is 16.1. The number of aryl methyl sites for hydroxylation is 2. The molecule has 1 aromatic heterocycles. The molecule has 0 radical (unpaired) electrons. The Morgan fingerprint density at radius 2 is 1.95 bits per heavy atom. The normalized spacial score (nSPS) is 14.8. The molecule has 1 aliphatic carbocycles. The number of carbonyl (C=O) groups excluding carboxylic acids is 1. The standard InChI is InChI=1S/C15H26N6O/c1-10-13(11(2)21(4)20-10)9-19-15(16-3)18-8-7-17-14(22)12-5-6-12/h12H,5-9H2,1-4H3,(H,17,22)(H2,16,18,19). The average Bonchev–Trinajstić information content (AvgIpc) is 3.30. The molecule has 1 heterocycles. The van der Waals surface area contributed by atoms with E-state index in [4.69, 9.17) is 0 Å². The summed E-state index contributed by atoms with van der Waals surface area (Å²) in [5, 5.41) is 13.8. The van der Waals surface area contributed by atoms with E-state index in [-0.39, 0.29) is 11.8 Å². The van der Waals surface area contributed by atoms with Gasteiger partial charge in [0.15, 0.2) is 5.96 Å². The van der Waals surface area contributed by atoms with Crippen LogP contribution in [0.3, 0.4) is 0 Å². The number of rotatable bonds is 6. The zero-order valence-corrected chi connectivity index (χ0v) is 13.9. The van der Waals surface area contributed by atoms with Crippen molar-refractivity contribution >= 4 is 11.9 Å². The molecule has 22 heavy (non-hydrogen) atoms.